The summed E-state index contributed by atoms with van der Waals surface area (Å²) in [6.07, 6.45) is 11.2. The van der Waals surface area contributed by atoms with E-state index in [0.717, 1.165) is 57.8 Å². The number of carbonyl (C=O) groups is 5. The Balaban J connectivity index is 1.59. The Morgan fingerprint density at radius 1 is 0.958 bits per heavy atom. The third-order valence-corrected chi connectivity index (χ3v) is 12.2. The molecule has 4 fully saturated rings. The van der Waals surface area contributed by atoms with Crippen molar-refractivity contribution in [1.29, 1.82) is 0 Å². The van der Waals surface area contributed by atoms with Crippen LogP contribution in [0.5, 0.6) is 0 Å². The monoisotopic (exact) mass is 690 g/mol. The second kappa shape index (κ2) is 16.1. The molecule has 48 heavy (non-hydrogen) atoms. The van der Waals surface area contributed by atoms with Crippen LogP contribution in [-0.4, -0.2) is 95.3 Å². The van der Waals surface area contributed by atoms with Gasteiger partial charge in [-0.1, -0.05) is 79.2 Å². The van der Waals surface area contributed by atoms with Gasteiger partial charge in [-0.15, -0.1) is 0 Å². The molecule has 0 bridgehead atoms. The first-order valence-electron chi connectivity index (χ1n) is 18.3. The van der Waals surface area contributed by atoms with Crippen molar-refractivity contribution < 1.29 is 24.0 Å². The number of rotatable bonds is 14. The summed E-state index contributed by atoms with van der Waals surface area (Å²) in [5.41, 5.74) is -0.274. The molecule has 0 aromatic rings. The van der Waals surface area contributed by atoms with E-state index >= 15 is 0 Å². The summed E-state index contributed by atoms with van der Waals surface area (Å²) in [6, 6.07) is -2.97. The first kappa shape index (κ1) is 38.5. The van der Waals surface area contributed by atoms with Gasteiger partial charge in [0.25, 0.3) is 5.91 Å². The number of likely N-dealkylation sites (tertiary alicyclic amines) is 1. The van der Waals surface area contributed by atoms with Crippen LogP contribution < -0.4 is 21.3 Å². The molecular weight excluding hydrogens is 629 g/mol. The first-order valence-corrected chi connectivity index (χ1v) is 19.5. The number of Topliss-reactive ketones (excluding diaryl/α,β-unsaturated/α-hetero) is 1. The molecule has 1 heterocycles. The number of hydrogen-bond acceptors (Lipinski definition) is 7. The molecule has 12 heteroatoms. The van der Waals surface area contributed by atoms with Crippen molar-refractivity contribution in [2.75, 3.05) is 26.4 Å². The SMILES string of the molecule is CCCC(NC(=O)[C@@H]1[C@H]2CCC(C)(C)[C@H]2CN1C(=O)[C@@H](NC(=O)N[C@H](CN(C)SC)C(C)(C)C)C1CCCCC1)C(=O)C(=O)NC1CC1. The average molecular weight is 691 g/mol. The molecule has 0 spiro atoms. The molecule has 0 aromatic carbocycles. The normalized spacial score (nSPS) is 25.9. The predicted octanol–water partition coefficient (Wildman–Crippen LogP) is 4.25. The van der Waals surface area contributed by atoms with Crippen molar-refractivity contribution in [3.63, 3.8) is 0 Å². The summed E-state index contributed by atoms with van der Waals surface area (Å²) in [7, 11) is 1.99. The summed E-state index contributed by atoms with van der Waals surface area (Å²) in [6.45, 7) is 13.7. The zero-order chi connectivity index (χ0) is 35.4. The molecule has 1 aliphatic heterocycles. The summed E-state index contributed by atoms with van der Waals surface area (Å²) < 4.78 is 2.08. The van der Waals surface area contributed by atoms with Crippen molar-refractivity contribution in [2.45, 2.75) is 142 Å². The molecule has 3 aliphatic carbocycles. The lowest BCUT2D eigenvalue weighted by Crippen LogP contribution is -2.61. The maximum Gasteiger partial charge on any atom is 0.315 e. The standard InChI is InChI=1S/C36H62N6O5S/c1-9-13-26(30(43)32(45)37-23-16-17-23)38-31(44)29-24-18-19-36(5,6)25(24)20-42(29)33(46)28(22-14-11-10-12-15-22)40-34(47)39-27(35(2,3)4)21-41(7)48-8/h22-29H,9-21H2,1-8H3,(H,37,45)(H,38,44)(H2,39,40,47)/t24-,25-,26?,27+,28-,29-/m0/s1. The lowest BCUT2D eigenvalue weighted by Gasteiger charge is -2.37. The zero-order valence-corrected chi connectivity index (χ0v) is 31.5. The molecule has 272 valence electrons. The molecule has 4 rings (SSSR count). The minimum atomic E-state index is -0.946. The Bertz CT molecular complexity index is 1180. The molecule has 1 unspecified atom stereocenters. The number of carbonyl (C=O) groups excluding carboxylic acids is 5. The van der Waals surface area contributed by atoms with E-state index in [1.54, 1.807) is 16.8 Å². The van der Waals surface area contributed by atoms with Gasteiger partial charge in [-0.05, 0) is 86.8 Å². The third kappa shape index (κ3) is 9.46. The quantitative estimate of drug-likeness (QED) is 0.158. The van der Waals surface area contributed by atoms with Crippen LogP contribution in [0, 0.1) is 28.6 Å². The van der Waals surface area contributed by atoms with Gasteiger partial charge < -0.3 is 26.2 Å². The zero-order valence-electron chi connectivity index (χ0n) is 30.7. The molecule has 4 N–H and O–H groups in total. The van der Waals surface area contributed by atoms with E-state index in [9.17, 15) is 24.0 Å². The summed E-state index contributed by atoms with van der Waals surface area (Å²) >= 11 is 1.60. The second-order valence-corrected chi connectivity index (χ2v) is 17.6. The summed E-state index contributed by atoms with van der Waals surface area (Å²) in [5.74, 6) is -1.86. The molecule has 5 amide bonds. The number of nitrogens with one attached hydrogen (secondary N) is 4. The number of ketones is 1. The van der Waals surface area contributed by atoms with Crippen LogP contribution in [0.25, 0.3) is 0 Å². The highest BCUT2D eigenvalue weighted by Gasteiger charge is 2.57. The predicted molar refractivity (Wildman–Crippen MR) is 190 cm³/mol. The molecule has 0 radical (unpaired) electrons. The van der Waals surface area contributed by atoms with Crippen molar-refractivity contribution >= 4 is 41.5 Å². The molecule has 1 saturated heterocycles. The van der Waals surface area contributed by atoms with E-state index in [1.165, 1.54) is 0 Å². The molecule has 3 saturated carbocycles. The molecule has 4 aliphatic rings. The highest BCUT2D eigenvalue weighted by Crippen LogP contribution is 2.53. The van der Waals surface area contributed by atoms with Gasteiger partial charge in [-0.3, -0.25) is 23.5 Å². The fourth-order valence-corrected chi connectivity index (χ4v) is 8.38. The molecule has 11 nitrogen and oxygen atoms in total. The number of nitrogens with zero attached hydrogens (tertiary/aromatic N) is 2. The average Bonchev–Trinajstić information content (AvgIpc) is 3.68. The largest absolute Gasteiger partial charge is 0.347 e. The van der Waals surface area contributed by atoms with Gasteiger partial charge >= 0.3 is 6.03 Å². The maximum absolute atomic E-state index is 14.8. The number of fused-ring (bicyclic) bond motifs is 1. The number of likely N-dealkylation sites (N-methyl/N-ethyl adjacent to an activating group) is 1. The van der Waals surface area contributed by atoms with E-state index < -0.39 is 29.8 Å². The van der Waals surface area contributed by atoms with Crippen LogP contribution in [-0.2, 0) is 19.2 Å². The smallest absolute Gasteiger partial charge is 0.315 e. The van der Waals surface area contributed by atoms with Gasteiger partial charge in [0.05, 0.1) is 6.04 Å². The van der Waals surface area contributed by atoms with Crippen molar-refractivity contribution in [3.05, 3.63) is 0 Å². The van der Waals surface area contributed by atoms with Gasteiger partial charge in [0.1, 0.15) is 12.1 Å². The Morgan fingerprint density at radius 3 is 2.21 bits per heavy atom. The minimum Gasteiger partial charge on any atom is -0.347 e. The van der Waals surface area contributed by atoms with Crippen LogP contribution >= 0.6 is 11.9 Å². The number of hydrogen-bond donors (Lipinski definition) is 4. The fourth-order valence-electron chi connectivity index (χ4n) is 8.08. The Labute approximate surface area is 292 Å². The van der Waals surface area contributed by atoms with Gasteiger partial charge in [-0.2, -0.15) is 0 Å². The van der Waals surface area contributed by atoms with Crippen LogP contribution in [0.3, 0.4) is 0 Å². The Kier molecular flexibility index (Phi) is 12.9. The van der Waals surface area contributed by atoms with Crippen molar-refractivity contribution in [1.82, 2.24) is 30.5 Å². The summed E-state index contributed by atoms with van der Waals surface area (Å²) in [5, 5.41) is 12.0. The number of urea groups is 1. The van der Waals surface area contributed by atoms with Crippen molar-refractivity contribution in [3.8, 4) is 0 Å². The molecular formula is C36H62N6O5S. The highest BCUT2D eigenvalue weighted by atomic mass is 32.2. The van der Waals surface area contributed by atoms with Crippen LogP contribution in [0.15, 0.2) is 0 Å². The van der Waals surface area contributed by atoms with Gasteiger partial charge in [0.15, 0.2) is 0 Å². The summed E-state index contributed by atoms with van der Waals surface area (Å²) in [4.78, 5) is 70.4. The van der Waals surface area contributed by atoms with Crippen LogP contribution in [0.2, 0.25) is 0 Å². The van der Waals surface area contributed by atoms with Gasteiger partial charge in [0.2, 0.25) is 17.6 Å². The van der Waals surface area contributed by atoms with E-state index in [2.05, 4.69) is 60.2 Å². The molecule has 6 atom stereocenters. The minimum absolute atomic E-state index is 0.0309. The topological polar surface area (TPSA) is 140 Å². The number of amides is 5. The Hall–Kier alpha value is -2.34. The van der Waals surface area contributed by atoms with Gasteiger partial charge in [-0.25, -0.2) is 4.79 Å². The fraction of sp³-hybridized carbons (Fsp3) is 0.861. The molecule has 0 aromatic heterocycles. The van der Waals surface area contributed by atoms with E-state index in [1.807, 2.05) is 20.2 Å². The second-order valence-electron chi connectivity index (χ2n) is 16.6. The van der Waals surface area contributed by atoms with Crippen molar-refractivity contribution in [2.24, 2.45) is 28.6 Å². The lowest BCUT2D eigenvalue weighted by atomic mass is 9.79. The van der Waals surface area contributed by atoms with Crippen LogP contribution in [0.1, 0.15) is 112 Å². The van der Waals surface area contributed by atoms with Gasteiger partial charge in [0, 0.05) is 25.2 Å². The van der Waals surface area contributed by atoms with E-state index in [0.29, 0.717) is 25.9 Å². The third-order valence-electron chi connectivity index (χ3n) is 11.5. The van der Waals surface area contributed by atoms with E-state index in [4.69, 9.17) is 0 Å². The maximum atomic E-state index is 14.8. The highest BCUT2D eigenvalue weighted by molar-refractivity contribution is 7.96. The first-order chi connectivity index (χ1) is 22.6. The lowest BCUT2D eigenvalue weighted by molar-refractivity contribution is -0.144. The van der Waals surface area contributed by atoms with E-state index in [-0.39, 0.29) is 58.5 Å². The van der Waals surface area contributed by atoms with Crippen LogP contribution in [0.4, 0.5) is 4.79 Å². The Morgan fingerprint density at radius 2 is 1.62 bits per heavy atom.